The fraction of sp³-hybridized carbons (Fsp3) is 0.393. The third-order valence-corrected chi connectivity index (χ3v) is 5.98. The number of benzene rings is 1. The lowest BCUT2D eigenvalue weighted by Crippen LogP contribution is -2.43. The molecule has 2 atom stereocenters. The second-order valence-corrected chi connectivity index (χ2v) is 8.95. The first-order valence-electron chi connectivity index (χ1n) is 12.2. The summed E-state index contributed by atoms with van der Waals surface area (Å²) in [7, 11) is 5.75. The van der Waals surface area contributed by atoms with Gasteiger partial charge in [-0.15, -0.1) is 0 Å². The van der Waals surface area contributed by atoms with E-state index in [9.17, 15) is 5.11 Å². The van der Waals surface area contributed by atoms with Crippen LogP contribution in [0.5, 0.6) is 0 Å². The van der Waals surface area contributed by atoms with E-state index in [2.05, 4.69) is 47.3 Å². The van der Waals surface area contributed by atoms with Crippen LogP contribution in [0, 0.1) is 5.92 Å². The van der Waals surface area contributed by atoms with Crippen molar-refractivity contribution in [3.63, 3.8) is 0 Å². The summed E-state index contributed by atoms with van der Waals surface area (Å²) in [6.45, 7) is 8.24. The minimum absolute atomic E-state index is 0.163. The van der Waals surface area contributed by atoms with Crippen LogP contribution >= 0.6 is 0 Å². The van der Waals surface area contributed by atoms with Crippen LogP contribution in [0.3, 0.4) is 0 Å². The number of anilines is 1. The van der Waals surface area contributed by atoms with Gasteiger partial charge in [0.05, 0.1) is 6.10 Å². The Labute approximate surface area is 209 Å². The van der Waals surface area contributed by atoms with Crippen LogP contribution in [0.2, 0.25) is 0 Å². The summed E-state index contributed by atoms with van der Waals surface area (Å²) in [5.74, 6) is 1.55. The number of allylic oxidation sites excluding steroid dienone is 4. The highest BCUT2D eigenvalue weighted by Crippen LogP contribution is 2.27. The lowest BCUT2D eigenvalue weighted by Gasteiger charge is -2.29. The van der Waals surface area contributed by atoms with Crippen LogP contribution in [0.1, 0.15) is 30.9 Å². The molecule has 1 aliphatic rings. The van der Waals surface area contributed by atoms with Crippen LogP contribution in [0.4, 0.5) is 5.82 Å². The molecule has 1 fully saturated rings. The van der Waals surface area contributed by atoms with Crippen molar-refractivity contribution < 1.29 is 5.11 Å². The second-order valence-electron chi connectivity index (χ2n) is 8.95. The molecule has 2 unspecified atom stereocenters. The molecule has 7 heteroatoms. The molecule has 3 N–H and O–H groups in total. The van der Waals surface area contributed by atoms with Gasteiger partial charge in [0, 0.05) is 75.5 Å². The van der Waals surface area contributed by atoms with Crippen LogP contribution in [0.25, 0.3) is 22.5 Å². The molecule has 2 heterocycles. The van der Waals surface area contributed by atoms with Crippen LogP contribution in [0.15, 0.2) is 60.4 Å². The Hall–Kier alpha value is -3.29. The van der Waals surface area contributed by atoms with Gasteiger partial charge in [-0.25, -0.2) is 9.97 Å². The van der Waals surface area contributed by atoms with Crippen molar-refractivity contribution in [2.75, 3.05) is 46.1 Å². The Balaban J connectivity index is 2.00. The summed E-state index contributed by atoms with van der Waals surface area (Å²) in [5.41, 5.74) is 4.89. The van der Waals surface area contributed by atoms with Gasteiger partial charge in [0.15, 0.2) is 5.82 Å². The first kappa shape index (κ1) is 26.3. The maximum atomic E-state index is 10.4. The number of aliphatic imine (C=N–C) groups is 1. The highest BCUT2D eigenvalue weighted by Gasteiger charge is 2.23. The number of nitrogens with one attached hydrogen (secondary N) is 2. The number of aliphatic hydroxyl groups is 1. The van der Waals surface area contributed by atoms with E-state index < -0.39 is 0 Å². The molecule has 0 amide bonds. The molecule has 0 spiro atoms. The van der Waals surface area contributed by atoms with Gasteiger partial charge in [-0.3, -0.25) is 4.99 Å². The molecule has 0 saturated carbocycles. The maximum Gasteiger partial charge on any atom is 0.161 e. The zero-order valence-electron chi connectivity index (χ0n) is 21.3. The average molecular weight is 475 g/mol. The summed E-state index contributed by atoms with van der Waals surface area (Å²) in [6.07, 6.45) is 11.1. The third-order valence-electron chi connectivity index (χ3n) is 5.98. The zero-order valence-corrected chi connectivity index (χ0v) is 21.3. The van der Waals surface area contributed by atoms with Gasteiger partial charge in [0.2, 0.25) is 0 Å². The van der Waals surface area contributed by atoms with E-state index in [-0.39, 0.29) is 12.0 Å². The molecule has 0 aliphatic carbocycles. The van der Waals surface area contributed by atoms with E-state index in [1.54, 1.807) is 7.05 Å². The van der Waals surface area contributed by atoms with Gasteiger partial charge in [0.25, 0.3) is 0 Å². The van der Waals surface area contributed by atoms with E-state index in [0.29, 0.717) is 18.9 Å². The number of rotatable bonds is 10. The Morgan fingerprint density at radius 3 is 2.86 bits per heavy atom. The predicted molar refractivity (Wildman–Crippen MR) is 147 cm³/mol. The molecular weight excluding hydrogens is 436 g/mol. The highest BCUT2D eigenvalue weighted by molar-refractivity contribution is 6.11. The molecule has 0 radical (unpaired) electrons. The molecule has 35 heavy (non-hydrogen) atoms. The van der Waals surface area contributed by atoms with E-state index >= 15 is 0 Å². The zero-order chi connectivity index (χ0) is 25.2. The number of hydrogen-bond acceptors (Lipinski definition) is 7. The Morgan fingerprint density at radius 1 is 1.34 bits per heavy atom. The minimum atomic E-state index is -0.374. The number of nitrogens with zero attached hydrogens (tertiary/aromatic N) is 4. The van der Waals surface area contributed by atoms with Crippen molar-refractivity contribution in [2.24, 2.45) is 10.9 Å². The van der Waals surface area contributed by atoms with Crippen molar-refractivity contribution in [1.29, 1.82) is 0 Å². The van der Waals surface area contributed by atoms with Gasteiger partial charge >= 0.3 is 0 Å². The molecular formula is C28H38N6O. The van der Waals surface area contributed by atoms with Gasteiger partial charge in [-0.05, 0) is 36.6 Å². The summed E-state index contributed by atoms with van der Waals surface area (Å²) in [5, 5.41) is 17.2. The summed E-state index contributed by atoms with van der Waals surface area (Å²) in [6, 6.07) is 8.18. The monoisotopic (exact) mass is 474 g/mol. The van der Waals surface area contributed by atoms with Crippen molar-refractivity contribution in [3.8, 4) is 11.4 Å². The molecule has 7 nitrogen and oxygen atoms in total. The van der Waals surface area contributed by atoms with E-state index in [1.807, 2.05) is 55.8 Å². The van der Waals surface area contributed by atoms with Crippen LogP contribution in [-0.4, -0.2) is 73.1 Å². The molecule has 0 bridgehead atoms. The van der Waals surface area contributed by atoms with Gasteiger partial charge in [-0.2, -0.15) is 0 Å². The highest BCUT2D eigenvalue weighted by atomic mass is 16.3. The molecule has 1 aliphatic heterocycles. The van der Waals surface area contributed by atoms with Crippen molar-refractivity contribution in [2.45, 2.75) is 25.9 Å². The van der Waals surface area contributed by atoms with Crippen LogP contribution < -0.4 is 10.6 Å². The molecule has 1 aromatic carbocycles. The second kappa shape index (κ2) is 13.0. The van der Waals surface area contributed by atoms with Gasteiger partial charge in [0.1, 0.15) is 5.82 Å². The lowest BCUT2D eigenvalue weighted by atomic mass is 9.95. The summed E-state index contributed by atoms with van der Waals surface area (Å²) >= 11 is 0. The first-order chi connectivity index (χ1) is 17.0. The van der Waals surface area contributed by atoms with E-state index in [1.165, 1.54) is 0 Å². The summed E-state index contributed by atoms with van der Waals surface area (Å²) < 4.78 is 0. The minimum Gasteiger partial charge on any atom is -0.391 e. The normalized spacial score (nSPS) is 19.1. The number of piperidine rings is 1. The quantitative estimate of drug-likeness (QED) is 0.355. The van der Waals surface area contributed by atoms with Crippen molar-refractivity contribution >= 4 is 23.2 Å². The van der Waals surface area contributed by atoms with Crippen molar-refractivity contribution in [1.82, 2.24) is 20.2 Å². The molecule has 1 aromatic heterocycles. The van der Waals surface area contributed by atoms with Gasteiger partial charge < -0.3 is 20.6 Å². The molecule has 2 aromatic rings. The van der Waals surface area contributed by atoms with E-state index in [0.717, 1.165) is 53.0 Å². The first-order valence-corrected chi connectivity index (χ1v) is 12.2. The SMILES string of the molecule is C=C/C(=C\N(C)C)c1cccc(-c2ncc(C(/C=N\C)=C/CC)c(NCC3CCNCC3O)n2)c1. The number of hydrogen-bond donors (Lipinski definition) is 3. The lowest BCUT2D eigenvalue weighted by molar-refractivity contribution is 0.0883. The summed E-state index contributed by atoms with van der Waals surface area (Å²) in [4.78, 5) is 15.9. The molecule has 186 valence electrons. The third kappa shape index (κ3) is 7.10. The topological polar surface area (TPSA) is 85.7 Å². The number of β-amino-alcohol motifs (C(OH)–C–C–N with tert-alkyl or cyclic N) is 1. The fourth-order valence-corrected chi connectivity index (χ4v) is 4.18. The number of aromatic nitrogens is 2. The largest absolute Gasteiger partial charge is 0.391 e. The Bertz CT molecular complexity index is 1090. The smallest absolute Gasteiger partial charge is 0.161 e. The maximum absolute atomic E-state index is 10.4. The van der Waals surface area contributed by atoms with Crippen LogP contribution in [-0.2, 0) is 0 Å². The average Bonchev–Trinajstić information content (AvgIpc) is 2.86. The fourth-order valence-electron chi connectivity index (χ4n) is 4.18. The molecule has 1 saturated heterocycles. The van der Waals surface area contributed by atoms with Crippen molar-refractivity contribution in [3.05, 3.63) is 66.5 Å². The Kier molecular flexibility index (Phi) is 9.76. The Morgan fingerprint density at radius 2 is 2.17 bits per heavy atom. The molecule has 3 rings (SSSR count). The predicted octanol–water partition coefficient (Wildman–Crippen LogP) is 4.11. The standard InChI is InChI=1S/C28H38N6O/c1-6-9-23(15-29-3)25-17-32-27(33-28(25)31-16-24-12-13-30-18-26(24)35)22-11-8-10-21(14-22)20(7-2)19-34(4)5/h7-11,14-15,17,19,24,26,30,35H,2,6,12-13,16,18H2,1,3-5H3,(H,31,32,33)/b20-19+,23-9+,29-15-. The number of aliphatic hydroxyl groups excluding tert-OH is 1. The van der Waals surface area contributed by atoms with E-state index in [4.69, 9.17) is 9.97 Å². The van der Waals surface area contributed by atoms with Gasteiger partial charge in [-0.1, -0.05) is 43.9 Å².